The van der Waals surface area contributed by atoms with E-state index in [0.717, 1.165) is 19.3 Å². The van der Waals surface area contributed by atoms with Gasteiger partial charge in [-0.1, -0.05) is 0 Å². The number of nitro groups is 1. The standard InChI is InChI=1S/C12H16ClNO4/c1-17-12-6-5-10(9-11(12)14(15)16)18-8-4-2-3-7-13/h5-6,9H,2-4,7-8H2,1H3. The lowest BCUT2D eigenvalue weighted by Crippen LogP contribution is -1.99. The van der Waals surface area contributed by atoms with Crippen molar-refractivity contribution in [2.45, 2.75) is 19.3 Å². The van der Waals surface area contributed by atoms with Crippen LogP contribution in [0.25, 0.3) is 0 Å². The van der Waals surface area contributed by atoms with Crippen LogP contribution in [0.2, 0.25) is 0 Å². The maximum absolute atomic E-state index is 10.8. The van der Waals surface area contributed by atoms with E-state index in [-0.39, 0.29) is 11.4 Å². The molecule has 0 aromatic heterocycles. The first kappa shape index (κ1) is 14.6. The van der Waals surface area contributed by atoms with Crippen LogP contribution >= 0.6 is 11.6 Å². The molecule has 1 rings (SSSR count). The van der Waals surface area contributed by atoms with E-state index < -0.39 is 4.92 Å². The fraction of sp³-hybridized carbons (Fsp3) is 0.500. The van der Waals surface area contributed by atoms with Gasteiger partial charge in [0.05, 0.1) is 24.7 Å². The van der Waals surface area contributed by atoms with Gasteiger partial charge in [-0.05, 0) is 31.4 Å². The van der Waals surface area contributed by atoms with Crippen LogP contribution in [0.4, 0.5) is 5.69 Å². The summed E-state index contributed by atoms with van der Waals surface area (Å²) in [5.41, 5.74) is -0.0873. The summed E-state index contributed by atoms with van der Waals surface area (Å²) < 4.78 is 10.3. The largest absolute Gasteiger partial charge is 0.493 e. The highest BCUT2D eigenvalue weighted by Gasteiger charge is 2.15. The number of nitrogens with zero attached hydrogens (tertiary/aromatic N) is 1. The number of methoxy groups -OCH3 is 1. The van der Waals surface area contributed by atoms with Crippen LogP contribution in [0.1, 0.15) is 19.3 Å². The predicted octanol–water partition coefficient (Wildman–Crippen LogP) is 3.39. The van der Waals surface area contributed by atoms with Crippen LogP contribution in [0.15, 0.2) is 18.2 Å². The van der Waals surface area contributed by atoms with Crippen LogP contribution in [0.5, 0.6) is 11.5 Å². The first-order chi connectivity index (χ1) is 8.69. The highest BCUT2D eigenvalue weighted by molar-refractivity contribution is 6.17. The van der Waals surface area contributed by atoms with Crippen molar-refractivity contribution in [1.29, 1.82) is 0 Å². The fourth-order valence-electron chi connectivity index (χ4n) is 1.47. The molecule has 5 nitrogen and oxygen atoms in total. The maximum Gasteiger partial charge on any atom is 0.314 e. The Morgan fingerprint density at radius 1 is 1.33 bits per heavy atom. The van der Waals surface area contributed by atoms with E-state index in [1.807, 2.05) is 0 Å². The zero-order valence-corrected chi connectivity index (χ0v) is 11.0. The molecule has 6 heteroatoms. The minimum Gasteiger partial charge on any atom is -0.493 e. The third kappa shape index (κ3) is 4.41. The number of unbranched alkanes of at least 4 members (excludes halogenated alkanes) is 2. The molecule has 100 valence electrons. The maximum atomic E-state index is 10.8. The summed E-state index contributed by atoms with van der Waals surface area (Å²) >= 11 is 5.56. The predicted molar refractivity (Wildman–Crippen MR) is 69.7 cm³/mol. The molecule has 0 fully saturated rings. The summed E-state index contributed by atoms with van der Waals surface area (Å²) in [6.45, 7) is 0.528. The monoisotopic (exact) mass is 273 g/mol. The molecular weight excluding hydrogens is 258 g/mol. The van der Waals surface area contributed by atoms with Gasteiger partial charge in [-0.15, -0.1) is 11.6 Å². The second-order valence-corrected chi connectivity index (χ2v) is 4.07. The van der Waals surface area contributed by atoms with Gasteiger partial charge in [-0.3, -0.25) is 10.1 Å². The Bertz CT molecular complexity index is 398. The van der Waals surface area contributed by atoms with Gasteiger partial charge in [-0.25, -0.2) is 0 Å². The van der Waals surface area contributed by atoms with E-state index in [0.29, 0.717) is 18.2 Å². The van der Waals surface area contributed by atoms with Gasteiger partial charge >= 0.3 is 5.69 Å². The Hall–Kier alpha value is -1.49. The zero-order valence-electron chi connectivity index (χ0n) is 10.2. The minimum absolute atomic E-state index is 0.0873. The number of alkyl halides is 1. The van der Waals surface area contributed by atoms with Crippen molar-refractivity contribution in [3.8, 4) is 11.5 Å². The minimum atomic E-state index is -0.487. The van der Waals surface area contributed by atoms with Crippen LogP contribution in [-0.2, 0) is 0 Å². The van der Waals surface area contributed by atoms with Gasteiger partial charge in [0.15, 0.2) is 5.75 Å². The van der Waals surface area contributed by atoms with Crippen molar-refractivity contribution in [1.82, 2.24) is 0 Å². The van der Waals surface area contributed by atoms with E-state index in [4.69, 9.17) is 21.1 Å². The van der Waals surface area contributed by atoms with Crippen molar-refractivity contribution < 1.29 is 14.4 Å². The van der Waals surface area contributed by atoms with Crippen molar-refractivity contribution in [3.05, 3.63) is 28.3 Å². The lowest BCUT2D eigenvalue weighted by atomic mass is 10.2. The van der Waals surface area contributed by atoms with Gasteiger partial charge in [-0.2, -0.15) is 0 Å². The van der Waals surface area contributed by atoms with Crippen LogP contribution in [0.3, 0.4) is 0 Å². The highest BCUT2D eigenvalue weighted by Crippen LogP contribution is 2.30. The van der Waals surface area contributed by atoms with Gasteiger partial charge in [0.1, 0.15) is 5.75 Å². The number of ether oxygens (including phenoxy) is 2. The third-order valence-corrected chi connectivity index (χ3v) is 2.66. The van der Waals surface area contributed by atoms with E-state index in [1.54, 1.807) is 6.07 Å². The molecule has 0 heterocycles. The summed E-state index contributed by atoms with van der Waals surface area (Å²) in [5, 5.41) is 10.8. The summed E-state index contributed by atoms with van der Waals surface area (Å²) in [6.07, 6.45) is 2.82. The topological polar surface area (TPSA) is 61.6 Å². The molecule has 0 aliphatic rings. The van der Waals surface area contributed by atoms with Gasteiger partial charge in [0.25, 0.3) is 0 Å². The van der Waals surface area contributed by atoms with Gasteiger partial charge in [0, 0.05) is 5.88 Å². The lowest BCUT2D eigenvalue weighted by Gasteiger charge is -2.07. The van der Waals surface area contributed by atoms with Crippen LogP contribution in [-0.4, -0.2) is 24.5 Å². The van der Waals surface area contributed by atoms with Crippen LogP contribution in [0, 0.1) is 10.1 Å². The third-order valence-electron chi connectivity index (χ3n) is 2.39. The first-order valence-corrected chi connectivity index (χ1v) is 6.23. The molecule has 0 unspecified atom stereocenters. The number of halogens is 1. The molecule has 0 aliphatic carbocycles. The molecule has 0 spiro atoms. The second-order valence-electron chi connectivity index (χ2n) is 3.69. The van der Waals surface area contributed by atoms with E-state index >= 15 is 0 Å². The van der Waals surface area contributed by atoms with E-state index in [2.05, 4.69) is 0 Å². The lowest BCUT2D eigenvalue weighted by molar-refractivity contribution is -0.385. The van der Waals surface area contributed by atoms with Crippen LogP contribution < -0.4 is 9.47 Å². The van der Waals surface area contributed by atoms with Crippen molar-refractivity contribution in [2.75, 3.05) is 19.6 Å². The number of hydrogen-bond acceptors (Lipinski definition) is 4. The number of nitro benzene ring substituents is 1. The molecule has 0 bridgehead atoms. The highest BCUT2D eigenvalue weighted by atomic mass is 35.5. The summed E-state index contributed by atoms with van der Waals surface area (Å²) in [7, 11) is 1.40. The smallest absolute Gasteiger partial charge is 0.314 e. The van der Waals surface area contributed by atoms with Gasteiger partial charge in [0.2, 0.25) is 0 Å². The number of rotatable bonds is 8. The Labute approximate surface area is 111 Å². The molecule has 0 atom stereocenters. The Kier molecular flexibility index (Phi) is 6.28. The Morgan fingerprint density at radius 2 is 2.11 bits per heavy atom. The molecule has 0 aliphatic heterocycles. The van der Waals surface area contributed by atoms with Crippen molar-refractivity contribution in [2.24, 2.45) is 0 Å². The molecule has 1 aromatic carbocycles. The Balaban J connectivity index is 2.56. The van der Waals surface area contributed by atoms with E-state index in [1.165, 1.54) is 19.2 Å². The molecule has 0 radical (unpaired) electrons. The fourth-order valence-corrected chi connectivity index (χ4v) is 1.65. The summed E-state index contributed by atoms with van der Waals surface area (Å²) in [6, 6.07) is 4.57. The first-order valence-electron chi connectivity index (χ1n) is 5.70. The molecule has 1 aromatic rings. The van der Waals surface area contributed by atoms with Crippen molar-refractivity contribution in [3.63, 3.8) is 0 Å². The normalized spacial score (nSPS) is 10.1. The second kappa shape index (κ2) is 7.76. The average Bonchev–Trinajstić information content (AvgIpc) is 2.38. The summed E-state index contributed by atoms with van der Waals surface area (Å²) in [5.74, 6) is 1.36. The Morgan fingerprint density at radius 3 is 2.72 bits per heavy atom. The number of hydrogen-bond donors (Lipinski definition) is 0. The quantitative estimate of drug-likeness (QED) is 0.315. The molecule has 0 amide bonds. The molecular formula is C12H16ClNO4. The average molecular weight is 274 g/mol. The number of benzene rings is 1. The molecule has 0 saturated carbocycles. The van der Waals surface area contributed by atoms with Gasteiger partial charge < -0.3 is 9.47 Å². The van der Waals surface area contributed by atoms with Crippen molar-refractivity contribution >= 4 is 17.3 Å². The zero-order chi connectivity index (χ0) is 13.4. The molecule has 0 N–H and O–H groups in total. The SMILES string of the molecule is COc1ccc(OCCCCCCl)cc1[N+](=O)[O-]. The molecule has 18 heavy (non-hydrogen) atoms. The summed E-state index contributed by atoms with van der Waals surface area (Å²) in [4.78, 5) is 10.3. The van der Waals surface area contributed by atoms with E-state index in [9.17, 15) is 10.1 Å². The molecule has 0 saturated heterocycles.